The second-order valence-electron chi connectivity index (χ2n) is 8.16. The van der Waals surface area contributed by atoms with Crippen LogP contribution in [0.2, 0.25) is 0 Å². The van der Waals surface area contributed by atoms with E-state index in [1.54, 1.807) is 4.52 Å². The van der Waals surface area contributed by atoms with Gasteiger partial charge >= 0.3 is 0 Å². The van der Waals surface area contributed by atoms with Crippen molar-refractivity contribution in [3.63, 3.8) is 0 Å². The van der Waals surface area contributed by atoms with Crippen molar-refractivity contribution in [3.05, 3.63) is 71.8 Å². The van der Waals surface area contributed by atoms with Crippen LogP contribution in [0.3, 0.4) is 0 Å². The molecule has 3 aromatic heterocycles. The molecule has 1 amide bonds. The first kappa shape index (κ1) is 17.4. The predicted molar refractivity (Wildman–Crippen MR) is 112 cm³/mol. The Morgan fingerprint density at radius 2 is 1.93 bits per heavy atom. The quantitative estimate of drug-likeness (QED) is 0.519. The number of carbonyl (C=O) groups excluding carboxylic acids is 1. The maximum atomic E-state index is 13.7. The normalized spacial score (nSPS) is 20.4. The van der Waals surface area contributed by atoms with Crippen molar-refractivity contribution in [3.8, 4) is 11.3 Å². The van der Waals surface area contributed by atoms with E-state index in [9.17, 15) is 4.79 Å². The van der Waals surface area contributed by atoms with Crippen LogP contribution in [-0.4, -0.2) is 41.2 Å². The minimum atomic E-state index is 0.00226. The third-order valence-electron chi connectivity index (χ3n) is 6.48. The van der Waals surface area contributed by atoms with Crippen LogP contribution in [0.1, 0.15) is 47.1 Å². The highest BCUT2D eigenvalue weighted by molar-refractivity contribution is 5.94. The van der Waals surface area contributed by atoms with Crippen LogP contribution >= 0.6 is 0 Å². The number of aromatic nitrogens is 5. The van der Waals surface area contributed by atoms with Gasteiger partial charge in [-0.1, -0.05) is 36.4 Å². The first-order valence-corrected chi connectivity index (χ1v) is 10.4. The van der Waals surface area contributed by atoms with Crippen molar-refractivity contribution in [2.24, 2.45) is 7.05 Å². The van der Waals surface area contributed by atoms with Gasteiger partial charge in [0.1, 0.15) is 12.0 Å². The molecule has 2 aliphatic rings. The van der Waals surface area contributed by atoms with E-state index in [1.807, 2.05) is 36.0 Å². The van der Waals surface area contributed by atoms with Crippen molar-refractivity contribution in [1.29, 1.82) is 0 Å². The molecule has 6 rings (SSSR count). The summed E-state index contributed by atoms with van der Waals surface area (Å²) in [5.41, 5.74) is 5.94. The van der Waals surface area contributed by atoms with Crippen LogP contribution in [0.4, 0.5) is 0 Å². The molecule has 5 heterocycles. The number of hydrogen-bond acceptors (Lipinski definition) is 4. The lowest BCUT2D eigenvalue weighted by atomic mass is 9.81. The summed E-state index contributed by atoms with van der Waals surface area (Å²) in [5, 5.41) is 9.18. The summed E-state index contributed by atoms with van der Waals surface area (Å²) in [7, 11) is 2.01. The first-order chi connectivity index (χ1) is 14.7. The van der Waals surface area contributed by atoms with Gasteiger partial charge in [-0.15, -0.1) is 0 Å². The number of pyridine rings is 1. The number of hydrogen-bond donors (Lipinski definition) is 0. The van der Waals surface area contributed by atoms with Gasteiger partial charge in [-0.05, 0) is 37.8 Å². The lowest BCUT2D eigenvalue weighted by Crippen LogP contribution is -2.50. The molecule has 0 aliphatic carbocycles. The average molecular weight is 398 g/mol. The van der Waals surface area contributed by atoms with Crippen LogP contribution in [-0.2, 0) is 13.5 Å². The smallest absolute Gasteiger partial charge is 0.273 e. The van der Waals surface area contributed by atoms with Crippen molar-refractivity contribution < 1.29 is 4.79 Å². The van der Waals surface area contributed by atoms with Gasteiger partial charge in [0.2, 0.25) is 0 Å². The highest BCUT2D eigenvalue weighted by atomic mass is 16.2. The van der Waals surface area contributed by atoms with E-state index >= 15 is 0 Å². The number of amides is 1. The Labute approximate surface area is 174 Å². The Kier molecular flexibility index (Phi) is 3.78. The molecular formula is C23H22N6O. The highest BCUT2D eigenvalue weighted by Crippen LogP contribution is 2.44. The van der Waals surface area contributed by atoms with Crippen LogP contribution in [0, 0.1) is 0 Å². The number of piperidine rings is 1. The first-order valence-electron chi connectivity index (χ1n) is 10.4. The monoisotopic (exact) mass is 398 g/mol. The molecule has 1 saturated heterocycles. The van der Waals surface area contributed by atoms with Gasteiger partial charge < -0.3 is 4.90 Å². The number of carbonyl (C=O) groups is 1. The van der Waals surface area contributed by atoms with Gasteiger partial charge in [0.15, 0.2) is 5.65 Å². The molecule has 1 fully saturated rings. The van der Waals surface area contributed by atoms with Gasteiger partial charge in [0.25, 0.3) is 5.91 Å². The van der Waals surface area contributed by atoms with E-state index in [0.717, 1.165) is 31.4 Å². The summed E-state index contributed by atoms with van der Waals surface area (Å²) in [5.74, 6) is 0.0124. The summed E-state index contributed by atoms with van der Waals surface area (Å²) < 4.78 is 3.63. The van der Waals surface area contributed by atoms with E-state index in [4.69, 9.17) is 5.10 Å². The average Bonchev–Trinajstić information content (AvgIpc) is 3.37. The lowest BCUT2D eigenvalue weighted by molar-refractivity contribution is 0.0383. The summed E-state index contributed by atoms with van der Waals surface area (Å²) in [6.07, 6.45) is 5.39. The molecule has 0 spiro atoms. The second-order valence-corrected chi connectivity index (χ2v) is 8.16. The molecule has 2 atom stereocenters. The third kappa shape index (κ3) is 2.44. The molecule has 0 unspecified atom stereocenters. The van der Waals surface area contributed by atoms with Crippen LogP contribution < -0.4 is 0 Å². The molecular weight excluding hydrogens is 376 g/mol. The molecule has 1 aromatic carbocycles. The molecule has 2 bridgehead atoms. The van der Waals surface area contributed by atoms with Gasteiger partial charge in [0.05, 0.1) is 17.4 Å². The Morgan fingerprint density at radius 3 is 2.80 bits per heavy atom. The molecule has 30 heavy (non-hydrogen) atoms. The minimum absolute atomic E-state index is 0.00226. The molecule has 0 N–H and O–H groups in total. The molecule has 0 saturated carbocycles. The summed E-state index contributed by atoms with van der Waals surface area (Å²) in [6.45, 7) is 0. The van der Waals surface area contributed by atoms with Crippen LogP contribution in [0.15, 0.2) is 54.9 Å². The second kappa shape index (κ2) is 6.52. The predicted octanol–water partition coefficient (Wildman–Crippen LogP) is 3.42. The Bertz CT molecular complexity index is 1260. The topological polar surface area (TPSA) is 68.3 Å². The van der Waals surface area contributed by atoms with Crippen molar-refractivity contribution in [1.82, 2.24) is 29.3 Å². The van der Waals surface area contributed by atoms with Gasteiger partial charge in [-0.2, -0.15) is 10.2 Å². The zero-order valence-electron chi connectivity index (χ0n) is 16.8. The largest absolute Gasteiger partial charge is 0.325 e. The standard InChI is InChI=1S/C23H22N6O/c1-27-22(15-7-3-2-4-8-15)17-13-16-9-5-10-18(21(17)26-27)28(16)23(30)19-11-6-12-20-24-14-25-29(19)20/h2-4,6-8,11-12,14,16,18H,5,9-10,13H2,1H3/t16-,18+/m1/s1. The molecule has 7 nitrogen and oxygen atoms in total. The molecule has 150 valence electrons. The fourth-order valence-corrected chi connectivity index (χ4v) is 5.25. The highest BCUT2D eigenvalue weighted by Gasteiger charge is 2.44. The number of aryl methyl sites for hydroxylation is 1. The van der Waals surface area contributed by atoms with E-state index in [0.29, 0.717) is 11.3 Å². The fraction of sp³-hybridized carbons (Fsp3) is 0.304. The van der Waals surface area contributed by atoms with Crippen molar-refractivity contribution in [2.75, 3.05) is 0 Å². The van der Waals surface area contributed by atoms with Gasteiger partial charge in [0, 0.05) is 24.2 Å². The Hall–Kier alpha value is -3.48. The molecule has 2 aliphatic heterocycles. The van der Waals surface area contributed by atoms with Crippen molar-refractivity contribution in [2.45, 2.75) is 37.8 Å². The summed E-state index contributed by atoms with van der Waals surface area (Å²) >= 11 is 0. The molecule has 4 aromatic rings. The molecule has 0 radical (unpaired) electrons. The summed E-state index contributed by atoms with van der Waals surface area (Å²) in [4.78, 5) is 20.0. The maximum absolute atomic E-state index is 13.7. The van der Waals surface area contributed by atoms with Crippen LogP contribution in [0.25, 0.3) is 16.9 Å². The van der Waals surface area contributed by atoms with Crippen molar-refractivity contribution >= 4 is 11.6 Å². The van der Waals surface area contributed by atoms with E-state index < -0.39 is 0 Å². The van der Waals surface area contributed by atoms with E-state index in [2.05, 4.69) is 39.2 Å². The van der Waals surface area contributed by atoms with Gasteiger partial charge in [-0.3, -0.25) is 9.48 Å². The Morgan fingerprint density at radius 1 is 1.07 bits per heavy atom. The number of nitrogens with zero attached hydrogens (tertiary/aromatic N) is 6. The lowest BCUT2D eigenvalue weighted by Gasteiger charge is -2.45. The number of benzene rings is 1. The Balaban J connectivity index is 1.46. The minimum Gasteiger partial charge on any atom is -0.325 e. The zero-order valence-corrected chi connectivity index (χ0v) is 16.8. The summed E-state index contributed by atoms with van der Waals surface area (Å²) in [6, 6.07) is 16.2. The number of fused-ring (bicyclic) bond motifs is 5. The fourth-order valence-electron chi connectivity index (χ4n) is 5.25. The number of rotatable bonds is 2. The maximum Gasteiger partial charge on any atom is 0.273 e. The van der Waals surface area contributed by atoms with E-state index in [1.165, 1.54) is 23.1 Å². The van der Waals surface area contributed by atoms with Crippen LogP contribution in [0.5, 0.6) is 0 Å². The molecule has 7 heteroatoms. The van der Waals surface area contributed by atoms with E-state index in [-0.39, 0.29) is 18.0 Å². The third-order valence-corrected chi connectivity index (χ3v) is 6.48. The zero-order chi connectivity index (χ0) is 20.2. The van der Waals surface area contributed by atoms with Gasteiger partial charge in [-0.25, -0.2) is 9.50 Å². The SMILES string of the molecule is Cn1nc2c(c1-c1ccccc1)C[C@H]1CCC[C@@H]2N1C(=O)c1cccc2ncnn12.